The van der Waals surface area contributed by atoms with Crippen LogP contribution in [0.1, 0.15) is 23.6 Å². The van der Waals surface area contributed by atoms with E-state index in [1.165, 1.54) is 6.20 Å². The molecule has 112 valence electrons. The van der Waals surface area contributed by atoms with E-state index in [2.05, 4.69) is 4.98 Å². The zero-order chi connectivity index (χ0) is 15.7. The molecule has 4 nitrogen and oxygen atoms in total. The zero-order valence-corrected chi connectivity index (χ0v) is 11.6. The van der Waals surface area contributed by atoms with E-state index in [0.717, 1.165) is 18.2 Å². The molecule has 3 rings (SSSR count). The number of halogens is 2. The highest BCUT2D eigenvalue weighted by atomic mass is 19.1. The number of β-amino-alcohol motifs (C(OH)–C–C–N with tert-alkyl or cyclic N) is 1. The SMILES string of the molecule is N#Cc1ccc(N2CC(O)CC2c2cc(F)ccc2F)nc1. The van der Waals surface area contributed by atoms with E-state index in [1.807, 2.05) is 6.07 Å². The predicted octanol–water partition coefficient (Wildman–Crippen LogP) is 2.54. The van der Waals surface area contributed by atoms with Crippen molar-refractivity contribution < 1.29 is 13.9 Å². The molecule has 0 bridgehead atoms. The van der Waals surface area contributed by atoms with E-state index in [0.29, 0.717) is 17.8 Å². The lowest BCUT2D eigenvalue weighted by Crippen LogP contribution is -2.25. The van der Waals surface area contributed by atoms with Crippen LogP contribution in [0.15, 0.2) is 36.5 Å². The monoisotopic (exact) mass is 301 g/mol. The molecular weight excluding hydrogens is 288 g/mol. The number of pyridine rings is 1. The smallest absolute Gasteiger partial charge is 0.129 e. The third kappa shape index (κ3) is 2.63. The Kier molecular flexibility index (Phi) is 3.73. The standard InChI is InChI=1S/C16H13F2N3O/c17-11-2-3-14(18)13(5-11)15-6-12(22)9-21(15)16-4-1-10(7-19)8-20-16/h1-5,8,12,15,22H,6,9H2. The average molecular weight is 301 g/mol. The molecule has 0 amide bonds. The summed E-state index contributed by atoms with van der Waals surface area (Å²) in [6.07, 6.45) is 1.06. The van der Waals surface area contributed by atoms with Gasteiger partial charge in [-0.15, -0.1) is 0 Å². The molecule has 0 spiro atoms. The highest BCUT2D eigenvalue weighted by molar-refractivity contribution is 5.47. The molecule has 1 saturated heterocycles. The van der Waals surface area contributed by atoms with E-state index in [9.17, 15) is 13.9 Å². The Morgan fingerprint density at radius 1 is 1.27 bits per heavy atom. The van der Waals surface area contributed by atoms with Crippen LogP contribution in [0.4, 0.5) is 14.6 Å². The van der Waals surface area contributed by atoms with Crippen molar-refractivity contribution in [3.63, 3.8) is 0 Å². The molecule has 2 atom stereocenters. The minimum Gasteiger partial charge on any atom is -0.391 e. The number of rotatable bonds is 2. The Balaban J connectivity index is 1.98. The van der Waals surface area contributed by atoms with Gasteiger partial charge in [0.25, 0.3) is 0 Å². The first kappa shape index (κ1) is 14.4. The van der Waals surface area contributed by atoms with Crippen LogP contribution in [0.2, 0.25) is 0 Å². The molecule has 1 aromatic heterocycles. The van der Waals surface area contributed by atoms with E-state index in [4.69, 9.17) is 5.26 Å². The molecule has 0 saturated carbocycles. The zero-order valence-electron chi connectivity index (χ0n) is 11.6. The van der Waals surface area contributed by atoms with Crippen LogP contribution in [0.5, 0.6) is 0 Å². The first-order chi connectivity index (χ1) is 10.6. The molecule has 1 N–H and O–H groups in total. The van der Waals surface area contributed by atoms with Gasteiger partial charge in [-0.3, -0.25) is 0 Å². The van der Waals surface area contributed by atoms with Gasteiger partial charge in [0.2, 0.25) is 0 Å². The van der Waals surface area contributed by atoms with Crippen molar-refractivity contribution in [2.75, 3.05) is 11.4 Å². The second-order valence-corrected chi connectivity index (χ2v) is 5.24. The quantitative estimate of drug-likeness (QED) is 0.926. The summed E-state index contributed by atoms with van der Waals surface area (Å²) in [5, 5.41) is 18.7. The maximum Gasteiger partial charge on any atom is 0.129 e. The van der Waals surface area contributed by atoms with Crippen molar-refractivity contribution in [2.24, 2.45) is 0 Å². The third-order valence-corrected chi connectivity index (χ3v) is 3.77. The van der Waals surface area contributed by atoms with Gasteiger partial charge in [0.1, 0.15) is 23.5 Å². The minimum atomic E-state index is -0.648. The van der Waals surface area contributed by atoms with Crippen LogP contribution in [0, 0.1) is 23.0 Å². The van der Waals surface area contributed by atoms with Gasteiger partial charge in [-0.05, 0) is 36.8 Å². The fraction of sp³-hybridized carbons (Fsp3) is 0.250. The lowest BCUT2D eigenvalue weighted by molar-refractivity contribution is 0.194. The minimum absolute atomic E-state index is 0.197. The molecule has 1 aromatic carbocycles. The van der Waals surface area contributed by atoms with E-state index in [-0.39, 0.29) is 12.1 Å². The summed E-state index contributed by atoms with van der Waals surface area (Å²) < 4.78 is 27.4. The Labute approximate surface area is 126 Å². The first-order valence-corrected chi connectivity index (χ1v) is 6.84. The van der Waals surface area contributed by atoms with Crippen LogP contribution in [-0.2, 0) is 0 Å². The molecule has 2 aromatic rings. The number of aromatic nitrogens is 1. The van der Waals surface area contributed by atoms with Gasteiger partial charge in [0, 0.05) is 18.3 Å². The summed E-state index contributed by atoms with van der Waals surface area (Å²) in [7, 11) is 0. The summed E-state index contributed by atoms with van der Waals surface area (Å²) >= 11 is 0. The van der Waals surface area contributed by atoms with Crippen LogP contribution < -0.4 is 4.90 Å². The van der Waals surface area contributed by atoms with Crippen molar-refractivity contribution in [3.8, 4) is 6.07 Å². The van der Waals surface area contributed by atoms with Crippen LogP contribution in [0.3, 0.4) is 0 Å². The van der Waals surface area contributed by atoms with Gasteiger partial charge in [0.05, 0.1) is 17.7 Å². The van der Waals surface area contributed by atoms with E-state index in [1.54, 1.807) is 17.0 Å². The normalized spacial score (nSPS) is 20.9. The third-order valence-electron chi connectivity index (χ3n) is 3.77. The predicted molar refractivity (Wildman–Crippen MR) is 76.0 cm³/mol. The van der Waals surface area contributed by atoms with Gasteiger partial charge in [0.15, 0.2) is 0 Å². The van der Waals surface area contributed by atoms with Crippen molar-refractivity contribution in [1.29, 1.82) is 5.26 Å². The van der Waals surface area contributed by atoms with Crippen molar-refractivity contribution in [1.82, 2.24) is 4.98 Å². The fourth-order valence-corrected chi connectivity index (χ4v) is 2.75. The van der Waals surface area contributed by atoms with Crippen LogP contribution in [-0.4, -0.2) is 22.7 Å². The van der Waals surface area contributed by atoms with E-state index < -0.39 is 23.8 Å². The number of aliphatic hydroxyl groups excluding tert-OH is 1. The summed E-state index contributed by atoms with van der Waals surface area (Å²) in [6, 6.07) is 8.02. The van der Waals surface area contributed by atoms with Gasteiger partial charge in [-0.25, -0.2) is 13.8 Å². The van der Waals surface area contributed by atoms with Gasteiger partial charge in [-0.2, -0.15) is 5.26 Å². The number of hydrogen-bond acceptors (Lipinski definition) is 4. The highest BCUT2D eigenvalue weighted by Gasteiger charge is 2.34. The summed E-state index contributed by atoms with van der Waals surface area (Å²) in [4.78, 5) is 5.90. The Morgan fingerprint density at radius 2 is 2.09 bits per heavy atom. The van der Waals surface area contributed by atoms with Crippen molar-refractivity contribution in [3.05, 3.63) is 59.3 Å². The molecule has 6 heteroatoms. The number of aliphatic hydroxyl groups is 1. The molecule has 1 fully saturated rings. The summed E-state index contributed by atoms with van der Waals surface area (Å²) in [6.45, 7) is 0.277. The molecule has 0 aliphatic carbocycles. The maximum atomic E-state index is 14.0. The maximum absolute atomic E-state index is 14.0. The topological polar surface area (TPSA) is 60.2 Å². The summed E-state index contributed by atoms with van der Waals surface area (Å²) in [5.41, 5.74) is 0.611. The number of benzene rings is 1. The molecular formula is C16H13F2N3O. The lowest BCUT2D eigenvalue weighted by atomic mass is 10.0. The fourth-order valence-electron chi connectivity index (χ4n) is 2.75. The first-order valence-electron chi connectivity index (χ1n) is 6.84. The van der Waals surface area contributed by atoms with Gasteiger partial charge < -0.3 is 10.0 Å². The van der Waals surface area contributed by atoms with Gasteiger partial charge in [-0.1, -0.05) is 0 Å². The largest absolute Gasteiger partial charge is 0.391 e. The second-order valence-electron chi connectivity index (χ2n) is 5.24. The highest BCUT2D eigenvalue weighted by Crippen LogP contribution is 2.36. The Bertz CT molecular complexity index is 727. The molecule has 2 unspecified atom stereocenters. The average Bonchev–Trinajstić information content (AvgIpc) is 2.91. The molecule has 1 aliphatic heterocycles. The number of anilines is 1. The Hall–Kier alpha value is -2.52. The number of nitrogens with zero attached hydrogens (tertiary/aromatic N) is 3. The van der Waals surface area contributed by atoms with Crippen molar-refractivity contribution >= 4 is 5.82 Å². The van der Waals surface area contributed by atoms with E-state index >= 15 is 0 Å². The second kappa shape index (κ2) is 5.70. The lowest BCUT2D eigenvalue weighted by Gasteiger charge is -2.26. The summed E-state index contributed by atoms with van der Waals surface area (Å²) in [5.74, 6) is -0.520. The van der Waals surface area contributed by atoms with Gasteiger partial charge >= 0.3 is 0 Å². The molecule has 2 heterocycles. The number of hydrogen-bond donors (Lipinski definition) is 1. The molecule has 0 radical (unpaired) electrons. The molecule has 1 aliphatic rings. The number of nitriles is 1. The van der Waals surface area contributed by atoms with Crippen LogP contribution >= 0.6 is 0 Å². The van der Waals surface area contributed by atoms with Crippen molar-refractivity contribution in [2.45, 2.75) is 18.6 Å². The van der Waals surface area contributed by atoms with Crippen LogP contribution in [0.25, 0.3) is 0 Å². The Morgan fingerprint density at radius 3 is 2.77 bits per heavy atom. The molecule has 22 heavy (non-hydrogen) atoms.